The minimum Gasteiger partial charge on any atom is -0.397 e. The van der Waals surface area contributed by atoms with E-state index in [1.54, 1.807) is 0 Å². The van der Waals surface area contributed by atoms with Gasteiger partial charge in [0.15, 0.2) is 0 Å². The summed E-state index contributed by atoms with van der Waals surface area (Å²) in [4.78, 5) is 2.60. The molecule has 1 saturated carbocycles. The van der Waals surface area contributed by atoms with Gasteiger partial charge in [0, 0.05) is 12.6 Å². The van der Waals surface area contributed by atoms with Crippen LogP contribution in [0.4, 0.5) is 11.4 Å². The monoisotopic (exact) mass is 244 g/mol. The topological polar surface area (TPSA) is 29.3 Å². The van der Waals surface area contributed by atoms with Crippen LogP contribution in [-0.4, -0.2) is 12.6 Å². The second-order valence-electron chi connectivity index (χ2n) is 5.89. The van der Waals surface area contributed by atoms with Crippen molar-refractivity contribution in [3.8, 4) is 0 Å². The Morgan fingerprint density at radius 2 is 2.22 bits per heavy atom. The zero-order valence-corrected chi connectivity index (χ0v) is 11.4. The summed E-state index contributed by atoms with van der Waals surface area (Å²) in [6.45, 7) is 3.50. The Bertz CT molecular complexity index is 427. The number of nitrogens with zero attached hydrogens (tertiary/aromatic N) is 1. The first kappa shape index (κ1) is 11.9. The van der Waals surface area contributed by atoms with Crippen LogP contribution in [0.3, 0.4) is 0 Å². The lowest BCUT2D eigenvalue weighted by Gasteiger charge is -2.37. The summed E-state index contributed by atoms with van der Waals surface area (Å²) in [7, 11) is 0. The number of nitrogens with two attached hydrogens (primary N) is 1. The highest BCUT2D eigenvalue weighted by Gasteiger charge is 2.31. The fraction of sp³-hybridized carbons (Fsp3) is 0.625. The molecule has 1 heterocycles. The molecule has 0 radical (unpaired) electrons. The van der Waals surface area contributed by atoms with E-state index in [4.69, 9.17) is 5.73 Å². The Balaban J connectivity index is 1.83. The molecule has 1 aromatic carbocycles. The summed E-state index contributed by atoms with van der Waals surface area (Å²) in [5, 5.41) is 0. The van der Waals surface area contributed by atoms with Gasteiger partial charge < -0.3 is 10.6 Å². The second kappa shape index (κ2) is 4.83. The Hall–Kier alpha value is -1.18. The summed E-state index contributed by atoms with van der Waals surface area (Å²) >= 11 is 0. The maximum Gasteiger partial charge on any atom is 0.0635 e. The average Bonchev–Trinajstić information content (AvgIpc) is 2.84. The van der Waals surface area contributed by atoms with E-state index in [0.29, 0.717) is 0 Å². The minimum absolute atomic E-state index is 0.731. The van der Waals surface area contributed by atoms with Gasteiger partial charge in [-0.25, -0.2) is 0 Å². The van der Waals surface area contributed by atoms with Crippen molar-refractivity contribution in [2.24, 2.45) is 5.92 Å². The lowest BCUT2D eigenvalue weighted by atomic mass is 9.83. The molecule has 1 fully saturated rings. The highest BCUT2D eigenvalue weighted by Crippen LogP contribution is 2.39. The predicted octanol–water partition coefficient (Wildman–Crippen LogP) is 3.60. The molecular weight excluding hydrogens is 220 g/mol. The van der Waals surface area contributed by atoms with Gasteiger partial charge >= 0.3 is 0 Å². The molecule has 2 heteroatoms. The number of nitrogen functional groups attached to an aromatic ring is 1. The van der Waals surface area contributed by atoms with Crippen molar-refractivity contribution in [3.63, 3.8) is 0 Å². The fourth-order valence-corrected chi connectivity index (χ4v) is 3.80. The van der Waals surface area contributed by atoms with Crippen LogP contribution >= 0.6 is 0 Å². The lowest BCUT2D eigenvalue weighted by molar-refractivity contribution is 0.305. The van der Waals surface area contributed by atoms with E-state index < -0.39 is 0 Å². The van der Waals surface area contributed by atoms with E-state index in [0.717, 1.165) is 17.6 Å². The molecule has 2 aliphatic rings. The number of para-hydroxylation sites is 1. The van der Waals surface area contributed by atoms with Gasteiger partial charge in [0.1, 0.15) is 0 Å². The van der Waals surface area contributed by atoms with Gasteiger partial charge in [-0.1, -0.05) is 38.3 Å². The van der Waals surface area contributed by atoms with Gasteiger partial charge in [-0.2, -0.15) is 0 Å². The number of benzene rings is 1. The first-order valence-corrected chi connectivity index (χ1v) is 7.43. The normalized spacial score (nSPS) is 27.3. The van der Waals surface area contributed by atoms with E-state index in [9.17, 15) is 0 Å². The van der Waals surface area contributed by atoms with Crippen molar-refractivity contribution < 1.29 is 0 Å². The molecule has 2 N–H and O–H groups in total. The predicted molar refractivity (Wildman–Crippen MR) is 77.9 cm³/mol. The van der Waals surface area contributed by atoms with Crippen LogP contribution in [0.25, 0.3) is 0 Å². The molecular formula is C16H24N2. The second-order valence-corrected chi connectivity index (χ2v) is 5.89. The van der Waals surface area contributed by atoms with E-state index in [-0.39, 0.29) is 0 Å². The van der Waals surface area contributed by atoms with Crippen LogP contribution in [0, 0.1) is 5.92 Å². The third-order valence-electron chi connectivity index (χ3n) is 4.83. The van der Waals surface area contributed by atoms with E-state index in [1.807, 2.05) is 0 Å². The van der Waals surface area contributed by atoms with Crippen LogP contribution < -0.4 is 10.6 Å². The SMILES string of the molecule is CCC1CCCC(N2CCc3cccc(N)c32)C1. The molecule has 0 bridgehead atoms. The maximum absolute atomic E-state index is 6.19. The molecule has 18 heavy (non-hydrogen) atoms. The molecule has 2 unspecified atom stereocenters. The average molecular weight is 244 g/mol. The first-order chi connectivity index (χ1) is 8.79. The van der Waals surface area contributed by atoms with Crippen molar-refractivity contribution >= 4 is 11.4 Å². The third-order valence-corrected chi connectivity index (χ3v) is 4.83. The Morgan fingerprint density at radius 3 is 3.06 bits per heavy atom. The molecule has 3 rings (SSSR count). The van der Waals surface area contributed by atoms with E-state index >= 15 is 0 Å². The van der Waals surface area contributed by atoms with Gasteiger partial charge in [-0.3, -0.25) is 0 Å². The summed E-state index contributed by atoms with van der Waals surface area (Å²) in [6, 6.07) is 7.12. The minimum atomic E-state index is 0.731. The molecule has 1 aliphatic heterocycles. The van der Waals surface area contributed by atoms with Crippen molar-refractivity contribution in [3.05, 3.63) is 23.8 Å². The quantitative estimate of drug-likeness (QED) is 0.805. The van der Waals surface area contributed by atoms with E-state index in [1.165, 1.54) is 56.3 Å². The zero-order valence-electron chi connectivity index (χ0n) is 11.4. The highest BCUT2D eigenvalue weighted by atomic mass is 15.2. The molecule has 0 spiro atoms. The molecule has 1 aliphatic carbocycles. The molecule has 98 valence electrons. The molecule has 0 saturated heterocycles. The summed E-state index contributed by atoms with van der Waals surface area (Å²) in [5.74, 6) is 0.928. The standard InChI is InChI=1S/C16H24N2/c1-2-12-5-3-7-14(11-12)18-10-9-13-6-4-8-15(17)16(13)18/h4,6,8,12,14H,2-3,5,7,9-11,17H2,1H3. The number of hydrogen-bond acceptors (Lipinski definition) is 2. The summed E-state index contributed by atoms with van der Waals surface area (Å²) in [6.07, 6.45) is 8.05. The van der Waals surface area contributed by atoms with E-state index in [2.05, 4.69) is 30.0 Å². The van der Waals surface area contributed by atoms with Crippen LogP contribution in [-0.2, 0) is 6.42 Å². The third kappa shape index (κ3) is 1.98. The fourth-order valence-electron chi connectivity index (χ4n) is 3.80. The van der Waals surface area contributed by atoms with Gasteiger partial charge in [0.05, 0.1) is 11.4 Å². The number of hydrogen-bond donors (Lipinski definition) is 1. The Kier molecular flexibility index (Phi) is 3.19. The maximum atomic E-state index is 6.19. The number of rotatable bonds is 2. The largest absolute Gasteiger partial charge is 0.397 e. The zero-order chi connectivity index (χ0) is 12.5. The molecule has 0 aromatic heterocycles. The Labute approximate surface area is 110 Å². The van der Waals surface area contributed by atoms with Crippen LogP contribution in [0.1, 0.15) is 44.6 Å². The van der Waals surface area contributed by atoms with Crippen molar-refractivity contribution in [2.75, 3.05) is 17.2 Å². The van der Waals surface area contributed by atoms with Crippen LogP contribution in [0.15, 0.2) is 18.2 Å². The first-order valence-electron chi connectivity index (χ1n) is 7.43. The van der Waals surface area contributed by atoms with Crippen molar-refractivity contribution in [1.29, 1.82) is 0 Å². The molecule has 0 amide bonds. The van der Waals surface area contributed by atoms with Crippen molar-refractivity contribution in [2.45, 2.75) is 51.5 Å². The van der Waals surface area contributed by atoms with Crippen molar-refractivity contribution in [1.82, 2.24) is 0 Å². The van der Waals surface area contributed by atoms with Gasteiger partial charge in [-0.15, -0.1) is 0 Å². The lowest BCUT2D eigenvalue weighted by Crippen LogP contribution is -2.38. The highest BCUT2D eigenvalue weighted by molar-refractivity contribution is 5.74. The van der Waals surface area contributed by atoms with Gasteiger partial charge in [0.25, 0.3) is 0 Å². The molecule has 1 aromatic rings. The number of fused-ring (bicyclic) bond motifs is 1. The molecule has 2 nitrogen and oxygen atoms in total. The number of anilines is 2. The van der Waals surface area contributed by atoms with Gasteiger partial charge in [-0.05, 0) is 36.8 Å². The smallest absolute Gasteiger partial charge is 0.0635 e. The van der Waals surface area contributed by atoms with Crippen LogP contribution in [0.2, 0.25) is 0 Å². The van der Waals surface area contributed by atoms with Crippen LogP contribution in [0.5, 0.6) is 0 Å². The Morgan fingerprint density at radius 1 is 1.33 bits per heavy atom. The summed E-state index contributed by atoms with van der Waals surface area (Å²) in [5.41, 5.74) is 9.97. The molecule has 2 atom stereocenters. The van der Waals surface area contributed by atoms with Gasteiger partial charge in [0.2, 0.25) is 0 Å². The summed E-state index contributed by atoms with van der Waals surface area (Å²) < 4.78 is 0.